The van der Waals surface area contributed by atoms with Crippen molar-refractivity contribution in [3.63, 3.8) is 0 Å². The summed E-state index contributed by atoms with van der Waals surface area (Å²) in [6.45, 7) is 4.26. The Morgan fingerprint density at radius 2 is 1.94 bits per heavy atom. The molecule has 0 saturated carbocycles. The SMILES string of the molecule is CCc1ccc(C(Cl)c2cc(Br)c(C)s2)cc1. The van der Waals surface area contributed by atoms with Gasteiger partial charge in [0.25, 0.3) is 0 Å². The van der Waals surface area contributed by atoms with Crippen molar-refractivity contribution in [1.82, 2.24) is 0 Å². The van der Waals surface area contributed by atoms with Crippen LogP contribution in [-0.4, -0.2) is 0 Å². The number of aryl methyl sites for hydroxylation is 2. The molecule has 0 nitrogen and oxygen atoms in total. The standard InChI is InChI=1S/C14H14BrClS/c1-3-10-4-6-11(7-5-10)14(16)13-8-12(15)9(2)17-13/h4-8,14H,3H2,1-2H3. The van der Waals surface area contributed by atoms with E-state index in [0.717, 1.165) is 16.5 Å². The van der Waals surface area contributed by atoms with Crippen LogP contribution in [0.15, 0.2) is 34.8 Å². The molecule has 17 heavy (non-hydrogen) atoms. The van der Waals surface area contributed by atoms with E-state index in [0.29, 0.717) is 0 Å². The van der Waals surface area contributed by atoms with Gasteiger partial charge >= 0.3 is 0 Å². The fourth-order valence-corrected chi connectivity index (χ4v) is 3.60. The quantitative estimate of drug-likeness (QED) is 0.633. The van der Waals surface area contributed by atoms with Crippen LogP contribution in [-0.2, 0) is 6.42 Å². The van der Waals surface area contributed by atoms with E-state index in [2.05, 4.69) is 60.1 Å². The van der Waals surface area contributed by atoms with Crippen molar-refractivity contribution in [2.75, 3.05) is 0 Å². The number of halogens is 2. The second-order valence-electron chi connectivity index (χ2n) is 4.01. The van der Waals surface area contributed by atoms with Crippen molar-refractivity contribution < 1.29 is 0 Å². The summed E-state index contributed by atoms with van der Waals surface area (Å²) in [6.07, 6.45) is 1.07. The Kier molecular flexibility index (Phi) is 4.29. The van der Waals surface area contributed by atoms with E-state index in [4.69, 9.17) is 11.6 Å². The van der Waals surface area contributed by atoms with E-state index in [1.807, 2.05) is 0 Å². The predicted octanol–water partition coefficient (Wildman–Crippen LogP) is 5.71. The molecule has 0 spiro atoms. The highest BCUT2D eigenvalue weighted by Gasteiger charge is 2.14. The topological polar surface area (TPSA) is 0 Å². The molecular formula is C14H14BrClS. The first-order valence-electron chi connectivity index (χ1n) is 5.60. The van der Waals surface area contributed by atoms with Crippen LogP contribution < -0.4 is 0 Å². The Balaban J connectivity index is 2.26. The Labute approximate surface area is 120 Å². The fourth-order valence-electron chi connectivity index (χ4n) is 1.69. The van der Waals surface area contributed by atoms with Crippen molar-refractivity contribution >= 4 is 38.9 Å². The van der Waals surface area contributed by atoms with E-state index in [9.17, 15) is 0 Å². The highest BCUT2D eigenvalue weighted by molar-refractivity contribution is 9.10. The van der Waals surface area contributed by atoms with Gasteiger partial charge in [-0.3, -0.25) is 0 Å². The number of alkyl halides is 1. The molecule has 0 saturated heterocycles. The van der Waals surface area contributed by atoms with Crippen LogP contribution in [0.4, 0.5) is 0 Å². The second kappa shape index (κ2) is 5.55. The molecule has 0 N–H and O–H groups in total. The van der Waals surface area contributed by atoms with Crippen molar-refractivity contribution in [1.29, 1.82) is 0 Å². The number of hydrogen-bond donors (Lipinski definition) is 0. The Morgan fingerprint density at radius 3 is 2.41 bits per heavy atom. The van der Waals surface area contributed by atoms with Gasteiger partial charge in [-0.05, 0) is 46.5 Å². The lowest BCUT2D eigenvalue weighted by Gasteiger charge is -2.08. The van der Waals surface area contributed by atoms with Crippen molar-refractivity contribution in [2.45, 2.75) is 25.6 Å². The minimum atomic E-state index is -0.0455. The smallest absolute Gasteiger partial charge is 0.0928 e. The molecule has 0 aliphatic rings. The minimum absolute atomic E-state index is 0.0455. The number of thiophene rings is 1. The lowest BCUT2D eigenvalue weighted by Crippen LogP contribution is -1.90. The Morgan fingerprint density at radius 1 is 1.29 bits per heavy atom. The van der Waals surface area contributed by atoms with Gasteiger partial charge in [-0.15, -0.1) is 22.9 Å². The highest BCUT2D eigenvalue weighted by atomic mass is 79.9. The van der Waals surface area contributed by atoms with Crippen LogP contribution in [0.5, 0.6) is 0 Å². The molecule has 0 amide bonds. The van der Waals surface area contributed by atoms with E-state index in [1.165, 1.54) is 15.3 Å². The monoisotopic (exact) mass is 328 g/mol. The van der Waals surface area contributed by atoms with Crippen LogP contribution in [0.2, 0.25) is 0 Å². The molecule has 1 heterocycles. The van der Waals surface area contributed by atoms with E-state index < -0.39 is 0 Å². The number of benzene rings is 1. The van der Waals surface area contributed by atoms with Gasteiger partial charge in [-0.2, -0.15) is 0 Å². The molecule has 2 rings (SSSR count). The Hall–Kier alpha value is -0.310. The van der Waals surface area contributed by atoms with Gasteiger partial charge < -0.3 is 0 Å². The first-order chi connectivity index (χ1) is 8.11. The van der Waals surface area contributed by atoms with Gasteiger partial charge in [0, 0.05) is 14.2 Å². The molecule has 0 fully saturated rings. The summed E-state index contributed by atoms with van der Waals surface area (Å²) < 4.78 is 1.15. The minimum Gasteiger partial charge on any atom is -0.143 e. The summed E-state index contributed by atoms with van der Waals surface area (Å²) in [5, 5.41) is -0.0455. The molecule has 1 unspecified atom stereocenters. The molecule has 3 heteroatoms. The first kappa shape index (κ1) is 13.1. The molecule has 0 radical (unpaired) electrons. The molecule has 0 aliphatic carbocycles. The van der Waals surface area contributed by atoms with E-state index >= 15 is 0 Å². The third-order valence-electron chi connectivity index (χ3n) is 2.81. The molecular weight excluding hydrogens is 316 g/mol. The van der Waals surface area contributed by atoms with Gasteiger partial charge in [-0.25, -0.2) is 0 Å². The van der Waals surface area contributed by atoms with Gasteiger partial charge in [0.05, 0.1) is 5.38 Å². The van der Waals surface area contributed by atoms with Gasteiger partial charge in [0.15, 0.2) is 0 Å². The van der Waals surface area contributed by atoms with Crippen molar-refractivity contribution in [2.24, 2.45) is 0 Å². The normalized spacial score (nSPS) is 12.7. The lowest BCUT2D eigenvalue weighted by atomic mass is 10.1. The molecule has 2 aromatic rings. The molecule has 0 aliphatic heterocycles. The van der Waals surface area contributed by atoms with Crippen LogP contribution >= 0.6 is 38.9 Å². The average molecular weight is 330 g/mol. The van der Waals surface area contributed by atoms with Gasteiger partial charge in [0.2, 0.25) is 0 Å². The average Bonchev–Trinajstić information content (AvgIpc) is 2.69. The van der Waals surface area contributed by atoms with Crippen LogP contribution in [0, 0.1) is 6.92 Å². The number of hydrogen-bond acceptors (Lipinski definition) is 1. The first-order valence-corrected chi connectivity index (χ1v) is 7.65. The molecule has 0 bridgehead atoms. The molecule has 90 valence electrons. The third-order valence-corrected chi connectivity index (χ3v) is 5.62. The van der Waals surface area contributed by atoms with Gasteiger partial charge in [-0.1, -0.05) is 31.2 Å². The van der Waals surface area contributed by atoms with Crippen molar-refractivity contribution in [3.8, 4) is 0 Å². The van der Waals surface area contributed by atoms with E-state index in [-0.39, 0.29) is 5.38 Å². The molecule has 1 aromatic heterocycles. The maximum atomic E-state index is 6.50. The number of rotatable bonds is 3. The summed E-state index contributed by atoms with van der Waals surface area (Å²) in [5.74, 6) is 0. The summed E-state index contributed by atoms with van der Waals surface area (Å²) in [6, 6.07) is 10.7. The van der Waals surface area contributed by atoms with Crippen LogP contribution in [0.3, 0.4) is 0 Å². The van der Waals surface area contributed by atoms with Crippen LogP contribution in [0.25, 0.3) is 0 Å². The molecule has 1 atom stereocenters. The maximum Gasteiger partial charge on any atom is 0.0928 e. The third kappa shape index (κ3) is 2.93. The van der Waals surface area contributed by atoms with Gasteiger partial charge in [0.1, 0.15) is 0 Å². The van der Waals surface area contributed by atoms with Crippen molar-refractivity contribution in [3.05, 3.63) is 55.7 Å². The summed E-state index contributed by atoms with van der Waals surface area (Å²) in [4.78, 5) is 2.47. The Bertz CT molecular complexity index is 482. The summed E-state index contributed by atoms with van der Waals surface area (Å²) in [7, 11) is 0. The lowest BCUT2D eigenvalue weighted by molar-refractivity contribution is 1.11. The fraction of sp³-hybridized carbons (Fsp3) is 0.286. The second-order valence-corrected chi connectivity index (χ2v) is 6.59. The molecule has 1 aromatic carbocycles. The summed E-state index contributed by atoms with van der Waals surface area (Å²) >= 11 is 11.8. The predicted molar refractivity (Wildman–Crippen MR) is 80.3 cm³/mol. The van der Waals surface area contributed by atoms with Crippen LogP contribution in [0.1, 0.15) is 33.2 Å². The zero-order valence-corrected chi connectivity index (χ0v) is 13.0. The highest BCUT2D eigenvalue weighted by Crippen LogP contribution is 2.37. The zero-order valence-electron chi connectivity index (χ0n) is 9.84. The summed E-state index contributed by atoms with van der Waals surface area (Å²) in [5.41, 5.74) is 2.51. The largest absolute Gasteiger partial charge is 0.143 e. The van der Waals surface area contributed by atoms with E-state index in [1.54, 1.807) is 11.3 Å². The maximum absolute atomic E-state index is 6.50. The zero-order chi connectivity index (χ0) is 12.4.